The summed E-state index contributed by atoms with van der Waals surface area (Å²) < 4.78 is 27.5. The van der Waals surface area contributed by atoms with Crippen LogP contribution in [0.4, 0.5) is 0 Å². The summed E-state index contributed by atoms with van der Waals surface area (Å²) in [5.74, 6) is -0.336. The van der Waals surface area contributed by atoms with E-state index in [9.17, 15) is 18.3 Å². The Balaban J connectivity index is 1.72. The summed E-state index contributed by atoms with van der Waals surface area (Å²) in [6.07, 6.45) is 0. The van der Waals surface area contributed by atoms with Crippen molar-refractivity contribution in [2.75, 3.05) is 26.2 Å². The van der Waals surface area contributed by atoms with E-state index >= 15 is 0 Å². The van der Waals surface area contributed by atoms with Crippen LogP contribution in [0.15, 0.2) is 51.8 Å². The molecular weight excluding hydrogens is 444 g/mol. The second-order valence-electron chi connectivity index (χ2n) is 5.79. The van der Waals surface area contributed by atoms with Gasteiger partial charge < -0.3 is 10.0 Å². The van der Waals surface area contributed by atoms with Crippen LogP contribution >= 0.6 is 27.5 Å². The molecule has 6 nitrogen and oxygen atoms in total. The van der Waals surface area contributed by atoms with E-state index in [-0.39, 0.29) is 47.8 Å². The van der Waals surface area contributed by atoms with Crippen molar-refractivity contribution in [3.05, 3.63) is 57.5 Å². The van der Waals surface area contributed by atoms with Crippen LogP contribution in [0.25, 0.3) is 0 Å². The Morgan fingerprint density at radius 1 is 1.08 bits per heavy atom. The molecule has 2 aromatic carbocycles. The second-order valence-corrected chi connectivity index (χ2v) is 8.96. The van der Waals surface area contributed by atoms with E-state index in [0.29, 0.717) is 10.0 Å². The normalized spacial score (nSPS) is 15.8. The third kappa shape index (κ3) is 3.73. The highest BCUT2D eigenvalue weighted by atomic mass is 79.9. The van der Waals surface area contributed by atoms with Crippen molar-refractivity contribution in [3.8, 4) is 5.75 Å². The molecule has 0 atom stereocenters. The molecule has 0 saturated carbocycles. The first-order valence-electron chi connectivity index (χ1n) is 7.83. The Hall–Kier alpha value is -1.61. The first-order chi connectivity index (χ1) is 12.3. The zero-order valence-corrected chi connectivity index (χ0v) is 16.8. The smallest absolute Gasteiger partial charge is 0.253 e. The fourth-order valence-corrected chi connectivity index (χ4v) is 5.31. The van der Waals surface area contributed by atoms with Crippen LogP contribution in [0.1, 0.15) is 10.4 Å². The number of benzene rings is 2. The minimum Gasteiger partial charge on any atom is -0.506 e. The zero-order valence-electron chi connectivity index (χ0n) is 13.6. The Morgan fingerprint density at radius 3 is 2.35 bits per heavy atom. The van der Waals surface area contributed by atoms with Gasteiger partial charge in [0.25, 0.3) is 5.91 Å². The summed E-state index contributed by atoms with van der Waals surface area (Å²) >= 11 is 9.12. The number of sulfonamides is 1. The number of rotatable bonds is 3. The van der Waals surface area contributed by atoms with Crippen LogP contribution in [-0.2, 0) is 10.0 Å². The lowest BCUT2D eigenvalue weighted by Gasteiger charge is -2.34. The molecule has 0 aliphatic carbocycles. The van der Waals surface area contributed by atoms with Crippen LogP contribution in [0.5, 0.6) is 5.75 Å². The maximum atomic E-state index is 12.8. The summed E-state index contributed by atoms with van der Waals surface area (Å²) in [5, 5.41) is 9.56. The molecule has 2 aromatic rings. The van der Waals surface area contributed by atoms with Gasteiger partial charge in [-0.05, 0) is 46.3 Å². The zero-order chi connectivity index (χ0) is 18.9. The summed E-state index contributed by atoms with van der Waals surface area (Å²) in [6.45, 7) is 0.977. The number of amides is 1. The number of phenolic OH excluding ortho intramolecular Hbond substituents is 1. The van der Waals surface area contributed by atoms with Crippen molar-refractivity contribution in [1.82, 2.24) is 9.21 Å². The second kappa shape index (κ2) is 7.56. The number of carbonyl (C=O) groups is 1. The summed E-state index contributed by atoms with van der Waals surface area (Å²) in [4.78, 5) is 14.3. The number of hydrogen-bond acceptors (Lipinski definition) is 4. The van der Waals surface area contributed by atoms with E-state index in [4.69, 9.17) is 11.6 Å². The van der Waals surface area contributed by atoms with E-state index < -0.39 is 10.0 Å². The molecule has 0 bridgehead atoms. The number of aromatic hydroxyl groups is 1. The van der Waals surface area contributed by atoms with Crippen LogP contribution in [-0.4, -0.2) is 54.8 Å². The highest BCUT2D eigenvalue weighted by Crippen LogP contribution is 2.27. The molecule has 0 unspecified atom stereocenters. The molecule has 0 spiro atoms. The quantitative estimate of drug-likeness (QED) is 0.765. The summed E-state index contributed by atoms with van der Waals surface area (Å²) in [7, 11) is -3.62. The third-order valence-electron chi connectivity index (χ3n) is 4.17. The predicted octanol–water partition coefficient (Wildman–Crippen LogP) is 2.95. The number of phenols is 1. The fraction of sp³-hybridized carbons (Fsp3) is 0.235. The van der Waals surface area contributed by atoms with E-state index in [2.05, 4.69) is 15.9 Å². The van der Waals surface area contributed by atoms with Gasteiger partial charge in [0, 0.05) is 36.2 Å². The fourth-order valence-electron chi connectivity index (χ4n) is 2.75. The molecule has 0 radical (unpaired) electrons. The van der Waals surface area contributed by atoms with Gasteiger partial charge in [0.1, 0.15) is 5.75 Å². The summed E-state index contributed by atoms with van der Waals surface area (Å²) in [6, 6.07) is 10.9. The number of halogens is 2. The van der Waals surface area contributed by atoms with Gasteiger partial charge in [0.2, 0.25) is 10.0 Å². The lowest BCUT2D eigenvalue weighted by molar-refractivity contribution is 0.0698. The van der Waals surface area contributed by atoms with E-state index in [0.717, 1.165) is 0 Å². The minimum absolute atomic E-state index is 0.0902. The molecule has 0 aromatic heterocycles. The van der Waals surface area contributed by atoms with Crippen LogP contribution in [0.3, 0.4) is 0 Å². The Labute approximate surface area is 165 Å². The number of nitrogens with zero attached hydrogens (tertiary/aromatic N) is 2. The average Bonchev–Trinajstić information content (AvgIpc) is 2.63. The van der Waals surface area contributed by atoms with Gasteiger partial charge >= 0.3 is 0 Å². The van der Waals surface area contributed by atoms with Gasteiger partial charge in [-0.25, -0.2) is 8.42 Å². The minimum atomic E-state index is -3.62. The first-order valence-corrected chi connectivity index (χ1v) is 10.4. The van der Waals surface area contributed by atoms with E-state index in [1.807, 2.05) is 0 Å². The van der Waals surface area contributed by atoms with Gasteiger partial charge in [-0.3, -0.25) is 4.79 Å². The first kappa shape index (κ1) is 19.2. The molecular formula is C17H16BrClN2O4S. The van der Waals surface area contributed by atoms with Crippen LogP contribution in [0.2, 0.25) is 5.02 Å². The molecule has 1 amide bonds. The number of hydrogen-bond donors (Lipinski definition) is 1. The molecule has 1 aliphatic heterocycles. The predicted molar refractivity (Wildman–Crippen MR) is 102 cm³/mol. The highest BCUT2D eigenvalue weighted by molar-refractivity contribution is 9.10. The molecule has 1 fully saturated rings. The molecule has 1 N–H and O–H groups in total. The van der Waals surface area contributed by atoms with Crippen molar-refractivity contribution in [2.45, 2.75) is 4.90 Å². The lowest BCUT2D eigenvalue weighted by atomic mass is 10.2. The van der Waals surface area contributed by atoms with Gasteiger partial charge in [-0.1, -0.05) is 23.7 Å². The Morgan fingerprint density at radius 2 is 1.73 bits per heavy atom. The van der Waals surface area contributed by atoms with Gasteiger partial charge in [-0.2, -0.15) is 4.31 Å². The lowest BCUT2D eigenvalue weighted by Crippen LogP contribution is -2.50. The largest absolute Gasteiger partial charge is 0.506 e. The van der Waals surface area contributed by atoms with Crippen LogP contribution in [0, 0.1) is 0 Å². The topological polar surface area (TPSA) is 77.9 Å². The number of carbonyl (C=O) groups excluding carboxylic acids is 1. The molecule has 3 rings (SSSR count). The molecule has 9 heteroatoms. The maximum Gasteiger partial charge on any atom is 0.253 e. The maximum absolute atomic E-state index is 12.8. The van der Waals surface area contributed by atoms with Gasteiger partial charge in [0.15, 0.2) is 0 Å². The Kier molecular flexibility index (Phi) is 5.57. The van der Waals surface area contributed by atoms with Crippen molar-refractivity contribution in [1.29, 1.82) is 0 Å². The average molecular weight is 460 g/mol. The van der Waals surface area contributed by atoms with Gasteiger partial charge in [0.05, 0.1) is 9.92 Å². The highest BCUT2D eigenvalue weighted by Gasteiger charge is 2.31. The van der Waals surface area contributed by atoms with Crippen molar-refractivity contribution in [2.24, 2.45) is 0 Å². The van der Waals surface area contributed by atoms with E-state index in [1.54, 1.807) is 29.2 Å². The molecule has 26 heavy (non-hydrogen) atoms. The molecule has 1 saturated heterocycles. The van der Waals surface area contributed by atoms with E-state index in [1.165, 1.54) is 22.5 Å². The third-order valence-corrected chi connectivity index (χ3v) is 7.39. The van der Waals surface area contributed by atoms with Gasteiger partial charge in [-0.15, -0.1) is 0 Å². The monoisotopic (exact) mass is 458 g/mol. The van der Waals surface area contributed by atoms with Crippen molar-refractivity contribution < 1.29 is 18.3 Å². The van der Waals surface area contributed by atoms with Crippen molar-refractivity contribution >= 4 is 43.5 Å². The molecule has 1 heterocycles. The number of piperazine rings is 1. The molecule has 1 aliphatic rings. The van der Waals surface area contributed by atoms with Crippen LogP contribution < -0.4 is 0 Å². The van der Waals surface area contributed by atoms with Crippen molar-refractivity contribution in [3.63, 3.8) is 0 Å². The molecule has 138 valence electrons. The Bertz CT molecular complexity index is 944. The standard InChI is InChI=1S/C17H16BrClN2O4S/c18-13-3-1-2-4-16(13)26(24,25)21-9-7-20(8-10-21)17(23)12-5-6-15(22)14(19)11-12/h1-6,11,22H,7-10H2. The SMILES string of the molecule is O=C(c1ccc(O)c(Cl)c1)N1CCN(S(=O)(=O)c2ccccc2Br)CC1. The summed E-state index contributed by atoms with van der Waals surface area (Å²) in [5.41, 5.74) is 0.356.